The average molecular weight is 371 g/mol. The smallest absolute Gasteiger partial charge is 0.261 e. The molecule has 0 unspecified atom stereocenters. The van der Waals surface area contributed by atoms with E-state index < -0.39 is 14.4 Å². The molecule has 0 aliphatic heterocycles. The van der Waals surface area contributed by atoms with Crippen LogP contribution >= 0.6 is 0 Å². The molecule has 0 radical (unpaired) electrons. The van der Waals surface area contributed by atoms with Crippen molar-refractivity contribution in [1.82, 2.24) is 0 Å². The Bertz CT molecular complexity index is 640. The van der Waals surface area contributed by atoms with Crippen LogP contribution in [0.3, 0.4) is 0 Å². The van der Waals surface area contributed by atoms with E-state index >= 15 is 0 Å². The van der Waals surface area contributed by atoms with Crippen LogP contribution in [0.25, 0.3) is 0 Å². The summed E-state index contributed by atoms with van der Waals surface area (Å²) < 4.78 is 6.74. The van der Waals surface area contributed by atoms with Gasteiger partial charge in [0.05, 0.1) is 12.7 Å². The van der Waals surface area contributed by atoms with Gasteiger partial charge >= 0.3 is 0 Å². The Morgan fingerprint density at radius 1 is 1.00 bits per heavy atom. The highest BCUT2D eigenvalue weighted by Crippen LogP contribution is 2.37. The Labute approximate surface area is 158 Å². The quantitative estimate of drug-likeness (QED) is 0.555. The van der Waals surface area contributed by atoms with Gasteiger partial charge in [0.1, 0.15) is 0 Å². The van der Waals surface area contributed by atoms with E-state index in [1.807, 2.05) is 36.4 Å². The minimum absolute atomic E-state index is 0.119. The Morgan fingerprint density at radius 3 is 1.81 bits per heavy atom. The lowest BCUT2D eigenvalue weighted by molar-refractivity contribution is 0.0441. The number of hydrogen-bond donors (Lipinski definition) is 2. The molecule has 0 fully saturated rings. The summed E-state index contributed by atoms with van der Waals surface area (Å²) in [6, 6.07) is 20.7. The van der Waals surface area contributed by atoms with Crippen molar-refractivity contribution in [2.24, 2.45) is 5.92 Å². The van der Waals surface area contributed by atoms with E-state index in [0.29, 0.717) is 6.61 Å². The highest BCUT2D eigenvalue weighted by atomic mass is 28.4. The van der Waals surface area contributed by atoms with Crippen LogP contribution in [-0.2, 0) is 4.43 Å². The number of benzene rings is 2. The highest BCUT2D eigenvalue weighted by molar-refractivity contribution is 6.99. The molecular weight excluding hydrogens is 340 g/mol. The summed E-state index contributed by atoms with van der Waals surface area (Å²) in [5.74, 6) is -0.318. The first-order valence-corrected chi connectivity index (χ1v) is 10.9. The minimum atomic E-state index is -2.63. The number of rotatable bonds is 8. The third-order valence-corrected chi connectivity index (χ3v) is 9.90. The molecule has 4 heteroatoms. The van der Waals surface area contributed by atoms with Crippen LogP contribution in [0.4, 0.5) is 0 Å². The van der Waals surface area contributed by atoms with Gasteiger partial charge in [-0.3, -0.25) is 0 Å². The van der Waals surface area contributed by atoms with E-state index in [-0.39, 0.29) is 17.6 Å². The standard InChI is InChI=1S/C22H30O3Si/c1-5-18(21(24)16-23)17-25-26(22(2,3)4,19-12-8-6-9-13-19)20-14-10-7-11-15-20/h5-15,18,21,23-24H,1,16-17H2,2-4H3/t18-,21+/m1/s1. The molecule has 2 N–H and O–H groups in total. The Morgan fingerprint density at radius 2 is 1.46 bits per heavy atom. The lowest BCUT2D eigenvalue weighted by Gasteiger charge is -2.43. The fourth-order valence-electron chi connectivity index (χ4n) is 3.45. The monoisotopic (exact) mass is 370 g/mol. The van der Waals surface area contributed by atoms with Gasteiger partial charge in [0.25, 0.3) is 8.32 Å². The van der Waals surface area contributed by atoms with Gasteiger partial charge < -0.3 is 14.6 Å². The van der Waals surface area contributed by atoms with Crippen LogP contribution in [-0.4, -0.2) is 37.8 Å². The minimum Gasteiger partial charge on any atom is -0.407 e. The molecule has 2 aromatic carbocycles. The van der Waals surface area contributed by atoms with Gasteiger partial charge in [-0.15, -0.1) is 6.58 Å². The zero-order valence-corrected chi connectivity index (χ0v) is 16.9. The molecule has 26 heavy (non-hydrogen) atoms. The van der Waals surface area contributed by atoms with Gasteiger partial charge in [-0.05, 0) is 15.4 Å². The SMILES string of the molecule is C=C[C@H](CO[Si](c1ccccc1)(c1ccccc1)C(C)(C)C)[C@@H](O)CO. The van der Waals surface area contributed by atoms with Crippen molar-refractivity contribution >= 4 is 18.7 Å². The molecule has 0 amide bonds. The summed E-state index contributed by atoms with van der Waals surface area (Å²) in [4.78, 5) is 0. The molecule has 0 spiro atoms. The normalized spacial score (nSPS) is 14.7. The second-order valence-corrected chi connectivity index (χ2v) is 11.9. The molecule has 2 atom stereocenters. The van der Waals surface area contributed by atoms with E-state index in [1.54, 1.807) is 6.08 Å². The maximum absolute atomic E-state index is 10.1. The zero-order valence-electron chi connectivity index (χ0n) is 15.9. The molecule has 3 nitrogen and oxygen atoms in total. The van der Waals surface area contributed by atoms with Gasteiger partial charge in [-0.25, -0.2) is 0 Å². The second-order valence-electron chi connectivity index (χ2n) is 7.62. The van der Waals surface area contributed by atoms with Crippen LogP contribution in [0, 0.1) is 5.92 Å². The predicted molar refractivity (Wildman–Crippen MR) is 110 cm³/mol. The molecule has 0 aliphatic rings. The maximum Gasteiger partial charge on any atom is 0.261 e. The van der Waals surface area contributed by atoms with E-state index in [0.717, 1.165) is 0 Å². The molecule has 0 aromatic heterocycles. The predicted octanol–water partition coefficient (Wildman–Crippen LogP) is 2.72. The summed E-state index contributed by atoms with van der Waals surface area (Å²) in [6.45, 7) is 10.5. The van der Waals surface area contributed by atoms with Crippen molar-refractivity contribution in [2.75, 3.05) is 13.2 Å². The second kappa shape index (κ2) is 8.78. The molecular formula is C22H30O3Si. The van der Waals surface area contributed by atoms with Crippen molar-refractivity contribution in [1.29, 1.82) is 0 Å². The van der Waals surface area contributed by atoms with Crippen molar-refractivity contribution in [3.05, 3.63) is 73.3 Å². The summed E-state index contributed by atoms with van der Waals surface area (Å²) in [7, 11) is -2.63. The molecule has 140 valence electrons. The molecule has 0 aliphatic carbocycles. The van der Waals surface area contributed by atoms with E-state index in [4.69, 9.17) is 4.43 Å². The number of aliphatic hydroxyl groups excluding tert-OH is 2. The van der Waals surface area contributed by atoms with Gasteiger partial charge in [0.15, 0.2) is 0 Å². The molecule has 0 heterocycles. The van der Waals surface area contributed by atoms with Gasteiger partial charge in [-0.2, -0.15) is 0 Å². The van der Waals surface area contributed by atoms with Crippen molar-refractivity contribution in [3.63, 3.8) is 0 Å². The molecule has 0 bridgehead atoms. The van der Waals surface area contributed by atoms with Crippen LogP contribution in [0.15, 0.2) is 73.3 Å². The summed E-state index contributed by atoms with van der Waals surface area (Å²) in [5, 5.41) is 21.7. The van der Waals surface area contributed by atoms with E-state index in [1.165, 1.54) is 10.4 Å². The number of aliphatic hydroxyl groups is 2. The highest BCUT2D eigenvalue weighted by Gasteiger charge is 2.50. The maximum atomic E-state index is 10.1. The van der Waals surface area contributed by atoms with Crippen molar-refractivity contribution in [3.8, 4) is 0 Å². The van der Waals surface area contributed by atoms with Gasteiger partial charge in [0, 0.05) is 12.5 Å². The third kappa shape index (κ3) is 4.15. The molecule has 0 saturated carbocycles. The first-order chi connectivity index (χ1) is 12.4. The Balaban J connectivity index is 2.55. The van der Waals surface area contributed by atoms with Crippen molar-refractivity contribution in [2.45, 2.75) is 31.9 Å². The van der Waals surface area contributed by atoms with Gasteiger partial charge in [-0.1, -0.05) is 87.5 Å². The topological polar surface area (TPSA) is 49.7 Å². The fourth-order valence-corrected chi connectivity index (χ4v) is 8.05. The van der Waals surface area contributed by atoms with E-state index in [2.05, 4.69) is 51.6 Å². The fraction of sp³-hybridized carbons (Fsp3) is 0.364. The summed E-state index contributed by atoms with van der Waals surface area (Å²) in [6.07, 6.45) is 0.796. The van der Waals surface area contributed by atoms with Crippen LogP contribution in [0.5, 0.6) is 0 Å². The lowest BCUT2D eigenvalue weighted by Crippen LogP contribution is -2.67. The zero-order chi connectivity index (χ0) is 19.2. The molecule has 2 aromatic rings. The largest absolute Gasteiger partial charge is 0.407 e. The first kappa shape index (κ1) is 20.6. The summed E-state index contributed by atoms with van der Waals surface area (Å²) in [5.41, 5.74) is 0. The van der Waals surface area contributed by atoms with Crippen molar-refractivity contribution < 1.29 is 14.6 Å². The van der Waals surface area contributed by atoms with Crippen LogP contribution in [0.1, 0.15) is 20.8 Å². The van der Waals surface area contributed by atoms with Gasteiger partial charge in [0.2, 0.25) is 0 Å². The van der Waals surface area contributed by atoms with E-state index in [9.17, 15) is 10.2 Å². The third-order valence-electron chi connectivity index (χ3n) is 4.89. The van der Waals surface area contributed by atoms with Crippen LogP contribution in [0.2, 0.25) is 5.04 Å². The van der Waals surface area contributed by atoms with Crippen LogP contribution < -0.4 is 10.4 Å². The first-order valence-electron chi connectivity index (χ1n) is 9.03. The Hall–Kier alpha value is -1.72. The average Bonchev–Trinajstić information content (AvgIpc) is 2.65. The molecule has 2 rings (SSSR count). The number of hydrogen-bond acceptors (Lipinski definition) is 3. The lowest BCUT2D eigenvalue weighted by atomic mass is 10.1. The molecule has 0 saturated heterocycles. The summed E-state index contributed by atoms with van der Waals surface area (Å²) >= 11 is 0. The Kier molecular flexibility index (Phi) is 6.95.